The van der Waals surface area contributed by atoms with E-state index in [0.717, 1.165) is 5.56 Å². The number of nitrogens with zero attached hydrogens (tertiary/aromatic N) is 1. The highest BCUT2D eigenvalue weighted by Crippen LogP contribution is 2.32. The Morgan fingerprint density at radius 1 is 1.15 bits per heavy atom. The van der Waals surface area contributed by atoms with E-state index in [-0.39, 0.29) is 19.6 Å². The average molecular weight is 455 g/mol. The van der Waals surface area contributed by atoms with Gasteiger partial charge >= 0.3 is 5.97 Å². The molecule has 5 nitrogen and oxygen atoms in total. The Morgan fingerprint density at radius 3 is 2.61 bits per heavy atom. The fourth-order valence-electron chi connectivity index (χ4n) is 3.63. The van der Waals surface area contributed by atoms with Crippen LogP contribution in [0.5, 0.6) is 5.75 Å². The Morgan fingerprint density at radius 2 is 1.91 bits per heavy atom. The van der Waals surface area contributed by atoms with Crippen LogP contribution in [0.25, 0.3) is 11.1 Å². The molecule has 1 atom stereocenters. The minimum absolute atomic E-state index is 0.134. The lowest BCUT2D eigenvalue weighted by atomic mass is 9.97. The van der Waals surface area contributed by atoms with E-state index < -0.39 is 24.5 Å². The molecule has 1 unspecified atom stereocenters. The van der Waals surface area contributed by atoms with Gasteiger partial charge in [-0.2, -0.15) is 0 Å². The highest BCUT2D eigenvalue weighted by molar-refractivity contribution is 5.72. The van der Waals surface area contributed by atoms with Gasteiger partial charge in [-0.05, 0) is 42.3 Å². The maximum Gasteiger partial charge on any atom is 0.307 e. The van der Waals surface area contributed by atoms with E-state index in [9.17, 15) is 9.18 Å². The molecule has 3 rings (SSSR count). The minimum atomic E-state index is -0.951. The van der Waals surface area contributed by atoms with E-state index in [2.05, 4.69) is 0 Å². The molecular formula is C26H28F2N2O3. The molecule has 0 heterocycles. The second kappa shape index (κ2) is 10.9. The Kier molecular flexibility index (Phi) is 8.01. The van der Waals surface area contributed by atoms with E-state index in [0.29, 0.717) is 33.7 Å². The van der Waals surface area contributed by atoms with Crippen molar-refractivity contribution in [3.8, 4) is 16.9 Å². The largest absolute Gasteiger partial charge is 0.489 e. The van der Waals surface area contributed by atoms with Crippen LogP contribution in [0.15, 0.2) is 60.7 Å². The van der Waals surface area contributed by atoms with Crippen molar-refractivity contribution in [1.82, 2.24) is 0 Å². The maximum absolute atomic E-state index is 15.2. The molecule has 3 aromatic carbocycles. The zero-order chi connectivity index (χ0) is 24.0. The number of anilines is 1. The number of hydrogen-bond acceptors (Lipinski definition) is 4. The number of carboxylic acid groups (broad SMARTS) is 1. The molecule has 7 heteroatoms. The average Bonchev–Trinajstić information content (AvgIpc) is 2.78. The van der Waals surface area contributed by atoms with Gasteiger partial charge in [0.1, 0.15) is 24.8 Å². The molecule has 3 aromatic rings. The number of hydrogen-bond donors (Lipinski definition) is 2. The first kappa shape index (κ1) is 24.2. The first-order valence-corrected chi connectivity index (χ1v) is 10.7. The Balaban J connectivity index is 1.99. The van der Waals surface area contributed by atoms with Crippen molar-refractivity contribution < 1.29 is 23.4 Å². The van der Waals surface area contributed by atoms with Crippen LogP contribution in [-0.4, -0.2) is 31.3 Å². The molecular weight excluding hydrogens is 426 g/mol. The molecule has 0 fully saturated rings. The van der Waals surface area contributed by atoms with E-state index in [1.807, 2.05) is 12.1 Å². The van der Waals surface area contributed by atoms with Gasteiger partial charge in [0, 0.05) is 42.0 Å². The molecule has 33 heavy (non-hydrogen) atoms. The van der Waals surface area contributed by atoms with Crippen LogP contribution in [0.4, 0.5) is 14.5 Å². The SMILES string of the molecule is CC(N)c1cccc(-c2cc(COc3ccccc3CC(=O)O)cc(N(C)CCF)c2)c1F. The normalized spacial score (nSPS) is 11.8. The van der Waals surface area contributed by atoms with Crippen LogP contribution < -0.4 is 15.4 Å². The van der Waals surface area contributed by atoms with Gasteiger partial charge in [0.25, 0.3) is 0 Å². The van der Waals surface area contributed by atoms with Gasteiger partial charge in [-0.15, -0.1) is 0 Å². The molecule has 0 aliphatic carbocycles. The summed E-state index contributed by atoms with van der Waals surface area (Å²) in [7, 11) is 1.76. The van der Waals surface area contributed by atoms with Crippen molar-refractivity contribution in [1.29, 1.82) is 0 Å². The monoisotopic (exact) mass is 454 g/mol. The number of ether oxygens (including phenoxy) is 1. The number of benzene rings is 3. The van der Waals surface area contributed by atoms with Gasteiger partial charge < -0.3 is 20.5 Å². The number of carboxylic acids is 1. The zero-order valence-corrected chi connectivity index (χ0v) is 18.7. The summed E-state index contributed by atoms with van der Waals surface area (Å²) in [5.74, 6) is -0.877. The third-order valence-corrected chi connectivity index (χ3v) is 5.38. The predicted molar refractivity (Wildman–Crippen MR) is 126 cm³/mol. The minimum Gasteiger partial charge on any atom is -0.489 e. The van der Waals surface area contributed by atoms with Gasteiger partial charge in [0.05, 0.1) is 6.42 Å². The molecule has 0 radical (unpaired) electrons. The summed E-state index contributed by atoms with van der Waals surface area (Å²) in [5.41, 5.74) is 9.36. The van der Waals surface area contributed by atoms with Gasteiger partial charge in [-0.1, -0.05) is 36.4 Å². The van der Waals surface area contributed by atoms with E-state index in [1.165, 1.54) is 0 Å². The van der Waals surface area contributed by atoms with Crippen molar-refractivity contribution >= 4 is 11.7 Å². The standard InChI is InChI=1S/C26H28F2N2O3/c1-17(29)22-7-5-8-23(26(22)28)20-12-18(13-21(14-20)30(2)11-10-27)16-33-24-9-4-3-6-19(24)15-25(31)32/h3-9,12-14,17H,10-11,15-16,29H2,1-2H3,(H,31,32). The van der Waals surface area contributed by atoms with Crippen LogP contribution >= 0.6 is 0 Å². The van der Waals surface area contributed by atoms with Crippen molar-refractivity contribution in [3.05, 3.63) is 83.2 Å². The Bertz CT molecular complexity index is 1120. The van der Waals surface area contributed by atoms with Crippen LogP contribution in [0.2, 0.25) is 0 Å². The number of alkyl halides is 1. The van der Waals surface area contributed by atoms with E-state index in [1.54, 1.807) is 67.4 Å². The summed E-state index contributed by atoms with van der Waals surface area (Å²) >= 11 is 0. The molecule has 0 aliphatic heterocycles. The van der Waals surface area contributed by atoms with Crippen molar-refractivity contribution in [2.75, 3.05) is 25.2 Å². The van der Waals surface area contributed by atoms with Crippen molar-refractivity contribution in [3.63, 3.8) is 0 Å². The number of nitrogens with two attached hydrogens (primary N) is 1. The van der Waals surface area contributed by atoms with Crippen LogP contribution in [0.1, 0.15) is 29.7 Å². The highest BCUT2D eigenvalue weighted by atomic mass is 19.1. The number of carbonyl (C=O) groups is 1. The maximum atomic E-state index is 15.2. The number of rotatable bonds is 10. The highest BCUT2D eigenvalue weighted by Gasteiger charge is 2.15. The Labute approximate surface area is 192 Å². The molecule has 0 aromatic heterocycles. The van der Waals surface area contributed by atoms with Crippen LogP contribution in [0.3, 0.4) is 0 Å². The number of para-hydroxylation sites is 1. The molecule has 0 spiro atoms. The summed E-state index contributed by atoms with van der Waals surface area (Å²) in [4.78, 5) is 12.9. The van der Waals surface area contributed by atoms with Gasteiger partial charge in [-0.3, -0.25) is 4.79 Å². The summed E-state index contributed by atoms with van der Waals surface area (Å²) in [5, 5.41) is 9.14. The molecule has 0 saturated carbocycles. The number of aliphatic carboxylic acids is 1. The molecule has 0 aliphatic rings. The van der Waals surface area contributed by atoms with Crippen LogP contribution in [-0.2, 0) is 17.8 Å². The zero-order valence-electron chi connectivity index (χ0n) is 18.7. The first-order valence-electron chi connectivity index (χ1n) is 10.7. The molecule has 3 N–H and O–H groups in total. The second-order valence-electron chi connectivity index (χ2n) is 7.96. The lowest BCUT2D eigenvalue weighted by Crippen LogP contribution is -2.20. The third-order valence-electron chi connectivity index (χ3n) is 5.38. The lowest BCUT2D eigenvalue weighted by molar-refractivity contribution is -0.136. The van der Waals surface area contributed by atoms with Gasteiger partial charge in [-0.25, -0.2) is 8.78 Å². The fourth-order valence-corrected chi connectivity index (χ4v) is 3.63. The second-order valence-corrected chi connectivity index (χ2v) is 7.96. The van der Waals surface area contributed by atoms with Crippen LogP contribution in [0, 0.1) is 5.82 Å². The summed E-state index contributed by atoms with van der Waals surface area (Å²) in [6.07, 6.45) is -0.157. The number of halogens is 2. The summed E-state index contributed by atoms with van der Waals surface area (Å²) < 4.78 is 34.1. The van der Waals surface area contributed by atoms with Crippen molar-refractivity contribution in [2.45, 2.75) is 26.0 Å². The van der Waals surface area contributed by atoms with E-state index in [4.69, 9.17) is 15.6 Å². The molecule has 0 amide bonds. The van der Waals surface area contributed by atoms with E-state index >= 15 is 4.39 Å². The fraction of sp³-hybridized carbons (Fsp3) is 0.269. The Hall–Kier alpha value is -3.45. The summed E-state index contributed by atoms with van der Waals surface area (Å²) in [6.45, 7) is 1.52. The van der Waals surface area contributed by atoms with Gasteiger partial charge in [0.2, 0.25) is 0 Å². The quantitative estimate of drug-likeness (QED) is 0.445. The topological polar surface area (TPSA) is 75.8 Å². The predicted octanol–water partition coefficient (Wildman–Crippen LogP) is 5.12. The smallest absolute Gasteiger partial charge is 0.307 e. The summed E-state index contributed by atoms with van der Waals surface area (Å²) in [6, 6.07) is 17.1. The lowest BCUT2D eigenvalue weighted by Gasteiger charge is -2.21. The van der Waals surface area contributed by atoms with Gasteiger partial charge in [0.15, 0.2) is 0 Å². The molecule has 0 saturated heterocycles. The third kappa shape index (κ3) is 6.08. The molecule has 174 valence electrons. The van der Waals surface area contributed by atoms with Crippen molar-refractivity contribution in [2.24, 2.45) is 5.73 Å². The first-order chi connectivity index (χ1) is 15.8. The molecule has 0 bridgehead atoms.